The number of rotatable bonds is 5. The zero-order valence-corrected chi connectivity index (χ0v) is 18.0. The first-order chi connectivity index (χ1) is 13.8. The monoisotopic (exact) mass is 422 g/mol. The maximum absolute atomic E-state index is 12.8. The van der Waals surface area contributed by atoms with Crippen molar-refractivity contribution in [3.05, 3.63) is 29.8 Å². The van der Waals surface area contributed by atoms with E-state index in [0.717, 1.165) is 25.7 Å². The summed E-state index contributed by atoms with van der Waals surface area (Å²) in [5, 5.41) is 0. The van der Waals surface area contributed by atoms with Crippen LogP contribution >= 0.6 is 0 Å². The second-order valence-corrected chi connectivity index (χ2v) is 10.3. The highest BCUT2D eigenvalue weighted by Crippen LogP contribution is 2.22. The third kappa shape index (κ3) is 5.36. The fourth-order valence-electron chi connectivity index (χ4n) is 4.21. The Balaban J connectivity index is 1.63. The summed E-state index contributed by atoms with van der Waals surface area (Å²) in [6.45, 7) is 6.22. The van der Waals surface area contributed by atoms with E-state index >= 15 is 0 Å². The first-order valence-electron chi connectivity index (χ1n) is 10.3. The van der Waals surface area contributed by atoms with Gasteiger partial charge in [0.1, 0.15) is 0 Å². The van der Waals surface area contributed by atoms with Crippen molar-refractivity contribution in [2.45, 2.75) is 44.4 Å². The van der Waals surface area contributed by atoms with Crippen molar-refractivity contribution in [3.63, 3.8) is 0 Å². The second-order valence-electron chi connectivity index (χ2n) is 8.31. The number of ether oxygens (including phenoxy) is 1. The number of hydrogen-bond donors (Lipinski definition) is 0. The topological polar surface area (TPSA) is 84.0 Å². The van der Waals surface area contributed by atoms with Gasteiger partial charge in [-0.05, 0) is 49.3 Å². The highest BCUT2D eigenvalue weighted by atomic mass is 32.2. The number of nitrogens with zero attached hydrogens (tertiary/aromatic N) is 2. The molecular formula is C21H30N2O5S. The van der Waals surface area contributed by atoms with Crippen LogP contribution < -0.4 is 0 Å². The molecule has 29 heavy (non-hydrogen) atoms. The highest BCUT2D eigenvalue weighted by molar-refractivity contribution is 7.89. The number of piperidine rings is 2. The first kappa shape index (κ1) is 21.8. The molecule has 2 atom stereocenters. The molecule has 3 rings (SSSR count). The number of hydrogen-bond acceptors (Lipinski definition) is 5. The summed E-state index contributed by atoms with van der Waals surface area (Å²) in [5.41, 5.74) is 0.135. The van der Waals surface area contributed by atoms with Gasteiger partial charge in [0.15, 0.2) is 6.61 Å². The Bertz CT molecular complexity index is 838. The zero-order chi connectivity index (χ0) is 21.0. The van der Waals surface area contributed by atoms with Gasteiger partial charge in [0, 0.05) is 26.2 Å². The summed E-state index contributed by atoms with van der Waals surface area (Å²) >= 11 is 0. The lowest BCUT2D eigenvalue weighted by atomic mass is 9.92. The smallest absolute Gasteiger partial charge is 0.338 e. The predicted molar refractivity (Wildman–Crippen MR) is 109 cm³/mol. The second kappa shape index (κ2) is 9.26. The largest absolute Gasteiger partial charge is 0.452 e. The molecule has 1 aromatic carbocycles. The minimum absolute atomic E-state index is 0.0823. The molecule has 7 nitrogen and oxygen atoms in total. The number of sulfonamides is 1. The van der Waals surface area contributed by atoms with E-state index in [-0.39, 0.29) is 23.0 Å². The van der Waals surface area contributed by atoms with Crippen LogP contribution in [0.2, 0.25) is 0 Å². The van der Waals surface area contributed by atoms with Crippen LogP contribution in [-0.4, -0.2) is 62.3 Å². The molecule has 2 aliphatic rings. The summed E-state index contributed by atoms with van der Waals surface area (Å²) in [5.74, 6) is -0.0499. The summed E-state index contributed by atoms with van der Waals surface area (Å²) < 4.78 is 32.3. The van der Waals surface area contributed by atoms with Crippen molar-refractivity contribution in [3.8, 4) is 0 Å². The molecule has 1 aromatic rings. The lowest BCUT2D eigenvalue weighted by Gasteiger charge is -2.34. The third-order valence-electron chi connectivity index (χ3n) is 5.57. The normalized spacial score (nSPS) is 23.6. The van der Waals surface area contributed by atoms with E-state index in [1.807, 2.05) is 0 Å². The number of likely N-dealkylation sites (tertiary alicyclic amines) is 1. The van der Waals surface area contributed by atoms with Gasteiger partial charge in [0.25, 0.3) is 5.91 Å². The molecule has 160 valence electrons. The number of amides is 1. The zero-order valence-electron chi connectivity index (χ0n) is 17.2. The van der Waals surface area contributed by atoms with Crippen LogP contribution in [0.1, 0.15) is 49.9 Å². The summed E-state index contributed by atoms with van der Waals surface area (Å²) in [6.07, 6.45) is 3.80. The molecule has 2 aliphatic heterocycles. The fraction of sp³-hybridized carbons (Fsp3) is 0.619. The van der Waals surface area contributed by atoms with E-state index in [9.17, 15) is 18.0 Å². The molecule has 0 bridgehead atoms. The van der Waals surface area contributed by atoms with Gasteiger partial charge in [0.2, 0.25) is 10.0 Å². The van der Waals surface area contributed by atoms with Crippen molar-refractivity contribution in [1.29, 1.82) is 0 Å². The van der Waals surface area contributed by atoms with Gasteiger partial charge in [0.05, 0.1) is 10.5 Å². The molecule has 2 saturated heterocycles. The molecular weight excluding hydrogens is 392 g/mol. The van der Waals surface area contributed by atoms with Gasteiger partial charge in [-0.3, -0.25) is 4.79 Å². The van der Waals surface area contributed by atoms with Crippen LogP contribution in [0, 0.1) is 11.8 Å². The van der Waals surface area contributed by atoms with Crippen LogP contribution in [0.15, 0.2) is 29.2 Å². The van der Waals surface area contributed by atoms with Crippen molar-refractivity contribution in [1.82, 2.24) is 9.21 Å². The Morgan fingerprint density at radius 2 is 1.72 bits per heavy atom. The van der Waals surface area contributed by atoms with Crippen LogP contribution in [0.4, 0.5) is 0 Å². The molecule has 0 saturated carbocycles. The van der Waals surface area contributed by atoms with E-state index in [2.05, 4.69) is 13.8 Å². The van der Waals surface area contributed by atoms with Crippen LogP contribution in [0.5, 0.6) is 0 Å². The standard InChI is InChI=1S/C21H30N2O5S/c1-16-11-17(2)14-22(13-16)20(24)15-28-21(25)18-7-6-8-19(12-18)29(26,27)23-9-4-3-5-10-23/h6-8,12,16-17H,3-5,9-11,13-15H2,1-2H3/t16-,17-/m0/s1. The number of carbonyl (C=O) groups excluding carboxylic acids is 2. The van der Waals surface area contributed by atoms with Crippen molar-refractivity contribution >= 4 is 21.9 Å². The van der Waals surface area contributed by atoms with Gasteiger partial charge >= 0.3 is 5.97 Å². The van der Waals surface area contributed by atoms with E-state index in [0.29, 0.717) is 38.0 Å². The minimum atomic E-state index is -3.63. The lowest BCUT2D eigenvalue weighted by molar-refractivity contribution is -0.137. The van der Waals surface area contributed by atoms with E-state index in [1.54, 1.807) is 4.90 Å². The fourth-order valence-corrected chi connectivity index (χ4v) is 5.77. The van der Waals surface area contributed by atoms with Gasteiger partial charge in [-0.15, -0.1) is 0 Å². The quantitative estimate of drug-likeness (QED) is 0.681. The van der Waals surface area contributed by atoms with Crippen LogP contribution in [0.3, 0.4) is 0 Å². The Morgan fingerprint density at radius 3 is 2.38 bits per heavy atom. The molecule has 0 N–H and O–H groups in total. The highest BCUT2D eigenvalue weighted by Gasteiger charge is 2.28. The Labute approximate surface area is 173 Å². The van der Waals surface area contributed by atoms with E-state index in [1.165, 1.54) is 28.6 Å². The maximum Gasteiger partial charge on any atom is 0.338 e. The Kier molecular flexibility index (Phi) is 6.95. The Hall–Kier alpha value is -1.93. The summed E-state index contributed by atoms with van der Waals surface area (Å²) in [4.78, 5) is 26.6. The van der Waals surface area contributed by atoms with Gasteiger partial charge in [-0.25, -0.2) is 13.2 Å². The SMILES string of the molecule is C[C@H]1C[C@H](C)CN(C(=O)COC(=O)c2cccc(S(=O)(=O)N3CCCCC3)c2)C1. The first-order valence-corrected chi connectivity index (χ1v) is 11.8. The summed E-state index contributed by atoms with van der Waals surface area (Å²) in [7, 11) is -3.63. The average Bonchev–Trinajstić information content (AvgIpc) is 2.71. The van der Waals surface area contributed by atoms with Gasteiger partial charge in [-0.1, -0.05) is 26.3 Å². The molecule has 0 aliphatic carbocycles. The van der Waals surface area contributed by atoms with E-state index in [4.69, 9.17) is 4.74 Å². The van der Waals surface area contributed by atoms with Crippen molar-refractivity contribution in [2.24, 2.45) is 11.8 Å². The molecule has 2 fully saturated rings. The van der Waals surface area contributed by atoms with Gasteiger partial charge in [-0.2, -0.15) is 4.31 Å². The third-order valence-corrected chi connectivity index (χ3v) is 7.47. The number of benzene rings is 1. The average molecular weight is 423 g/mol. The number of carbonyl (C=O) groups is 2. The molecule has 0 radical (unpaired) electrons. The van der Waals surface area contributed by atoms with Gasteiger partial charge < -0.3 is 9.64 Å². The predicted octanol–water partition coefficient (Wildman–Crippen LogP) is 2.52. The minimum Gasteiger partial charge on any atom is -0.452 e. The molecule has 0 spiro atoms. The van der Waals surface area contributed by atoms with E-state index < -0.39 is 16.0 Å². The lowest BCUT2D eigenvalue weighted by Crippen LogP contribution is -2.44. The molecule has 1 amide bonds. The number of esters is 1. The Morgan fingerprint density at radius 1 is 1.07 bits per heavy atom. The van der Waals surface area contributed by atoms with Crippen LogP contribution in [-0.2, 0) is 19.6 Å². The summed E-state index contributed by atoms with van der Waals surface area (Å²) in [6, 6.07) is 5.86. The molecule has 8 heteroatoms. The van der Waals surface area contributed by atoms with Crippen LogP contribution in [0.25, 0.3) is 0 Å². The molecule has 0 unspecified atom stereocenters. The van der Waals surface area contributed by atoms with Crippen molar-refractivity contribution in [2.75, 3.05) is 32.8 Å². The molecule has 2 heterocycles. The maximum atomic E-state index is 12.8. The molecule has 0 aromatic heterocycles. The van der Waals surface area contributed by atoms with Crippen molar-refractivity contribution < 1.29 is 22.7 Å².